The van der Waals surface area contributed by atoms with Crippen molar-refractivity contribution in [3.05, 3.63) is 120 Å². The van der Waals surface area contributed by atoms with Gasteiger partial charge >= 0.3 is 5.97 Å². The quantitative estimate of drug-likeness (QED) is 0.228. The zero-order valence-corrected chi connectivity index (χ0v) is 20.3. The number of hydrogen-bond donors (Lipinski definition) is 1. The molecule has 0 aromatic heterocycles. The summed E-state index contributed by atoms with van der Waals surface area (Å²) in [4.78, 5) is 11.1. The van der Waals surface area contributed by atoms with Gasteiger partial charge in [0.1, 0.15) is 21.7 Å². The molecule has 0 aliphatic carbocycles. The average Bonchev–Trinajstić information content (AvgIpc) is 2.86. The van der Waals surface area contributed by atoms with Crippen LogP contribution in [0.1, 0.15) is 15.9 Å². The number of benzene rings is 4. The van der Waals surface area contributed by atoms with Gasteiger partial charge in [-0.3, -0.25) is 0 Å². The van der Waals surface area contributed by atoms with Crippen LogP contribution in [0.25, 0.3) is 0 Å². The van der Waals surface area contributed by atoms with Gasteiger partial charge in [-0.15, -0.1) is 0 Å². The predicted octanol–water partition coefficient (Wildman–Crippen LogP) is 5.25. The van der Waals surface area contributed by atoms with Gasteiger partial charge in [0.2, 0.25) is 0 Å². The monoisotopic (exact) mass is 507 g/mol. The first-order chi connectivity index (χ1) is 15.6. The van der Waals surface area contributed by atoms with Gasteiger partial charge < -0.3 is 9.84 Å². The van der Waals surface area contributed by atoms with Crippen molar-refractivity contribution < 1.29 is 14.6 Å². The van der Waals surface area contributed by atoms with E-state index in [1.165, 1.54) is 35.2 Å². The number of phenols is 1. The van der Waals surface area contributed by atoms with Gasteiger partial charge in [0.05, 0.1) is 20.6 Å². The summed E-state index contributed by atoms with van der Waals surface area (Å²) in [5, 5.41) is 14.1. The third-order valence-corrected chi connectivity index (χ3v) is 8.17. The SMILES string of the molecule is COC(=O)c1ccc(O)c(CBr)c1.c1ccc([PH+](c2ccccc2)c2ccccc2)cc1. The maximum atomic E-state index is 11.1. The van der Waals surface area contributed by atoms with Gasteiger partial charge in [-0.1, -0.05) is 70.5 Å². The molecule has 1 N–H and O–H groups in total. The van der Waals surface area contributed by atoms with Gasteiger partial charge in [-0.05, 0) is 54.6 Å². The molecule has 4 rings (SSSR count). The van der Waals surface area contributed by atoms with E-state index in [9.17, 15) is 9.90 Å². The number of hydrogen-bond acceptors (Lipinski definition) is 3. The Kier molecular flexibility index (Phi) is 9.03. The van der Waals surface area contributed by atoms with E-state index >= 15 is 0 Å². The fraction of sp³-hybridized carbons (Fsp3) is 0.0741. The van der Waals surface area contributed by atoms with Gasteiger partial charge in [0.15, 0.2) is 0 Å². The Morgan fingerprint density at radius 3 is 1.59 bits per heavy atom. The summed E-state index contributed by atoms with van der Waals surface area (Å²) in [7, 11) is 0.445. The molecule has 5 heteroatoms. The molecule has 0 amide bonds. The molecule has 0 saturated heterocycles. The molecule has 162 valence electrons. The lowest BCUT2D eigenvalue weighted by atomic mass is 10.1. The molecule has 4 aromatic carbocycles. The molecule has 4 aromatic rings. The van der Waals surface area contributed by atoms with E-state index < -0.39 is 13.9 Å². The van der Waals surface area contributed by atoms with Crippen LogP contribution in [0.3, 0.4) is 0 Å². The van der Waals surface area contributed by atoms with E-state index in [4.69, 9.17) is 0 Å². The second-order valence-electron chi connectivity index (χ2n) is 6.94. The van der Waals surface area contributed by atoms with Crippen LogP contribution in [0, 0.1) is 0 Å². The Morgan fingerprint density at radius 2 is 1.22 bits per heavy atom. The van der Waals surface area contributed by atoms with E-state index in [1.807, 2.05) is 0 Å². The number of rotatable bonds is 5. The Morgan fingerprint density at radius 1 is 0.781 bits per heavy atom. The Labute approximate surface area is 198 Å². The highest BCUT2D eigenvalue weighted by Gasteiger charge is 2.24. The molecular formula is C27H25BrO3P+. The van der Waals surface area contributed by atoms with Crippen molar-refractivity contribution in [2.24, 2.45) is 0 Å². The Balaban J connectivity index is 0.000000195. The molecule has 0 spiro atoms. The van der Waals surface area contributed by atoms with Crippen LogP contribution in [0.15, 0.2) is 109 Å². The molecule has 0 bridgehead atoms. The first kappa shape index (κ1) is 23.7. The molecule has 0 saturated carbocycles. The third kappa shape index (κ3) is 6.29. The zero-order valence-electron chi connectivity index (χ0n) is 17.7. The maximum absolute atomic E-state index is 11.1. The number of halogens is 1. The summed E-state index contributed by atoms with van der Waals surface area (Å²) in [6, 6.07) is 37.1. The number of methoxy groups -OCH3 is 1. The number of carbonyl (C=O) groups excluding carboxylic acids is 1. The van der Waals surface area contributed by atoms with E-state index in [0.717, 1.165) is 0 Å². The summed E-state index contributed by atoms with van der Waals surface area (Å²) in [6.07, 6.45) is 0. The molecule has 0 fully saturated rings. The number of phenolic OH excluding ortho intramolecular Hbond substituents is 1. The summed E-state index contributed by atoms with van der Waals surface area (Å²) >= 11 is 3.20. The smallest absolute Gasteiger partial charge is 0.337 e. The molecule has 0 radical (unpaired) electrons. The zero-order chi connectivity index (χ0) is 22.8. The lowest BCUT2D eigenvalue weighted by Crippen LogP contribution is -2.20. The molecule has 32 heavy (non-hydrogen) atoms. The standard InChI is InChI=1S/C18H15P.C9H9BrO3/c1-4-10-16(11-5-1)19(17-12-6-2-7-13-17)18-14-8-3-9-15-18;1-13-9(12)6-2-3-8(11)7(4-6)5-10/h1-15H;2-4,11H,5H2,1H3/p+1. The van der Waals surface area contributed by atoms with Crippen LogP contribution < -0.4 is 15.9 Å². The van der Waals surface area contributed by atoms with Gasteiger partial charge in [0, 0.05) is 10.9 Å². The Bertz CT molecular complexity index is 1030. The number of ether oxygens (including phenoxy) is 1. The van der Waals surface area contributed by atoms with Crippen LogP contribution in [0.2, 0.25) is 0 Å². The molecule has 0 heterocycles. The highest BCUT2D eigenvalue weighted by molar-refractivity contribution is 9.08. The molecule has 0 atom stereocenters. The van der Waals surface area contributed by atoms with Crippen molar-refractivity contribution in [2.75, 3.05) is 7.11 Å². The molecule has 0 unspecified atom stereocenters. The minimum Gasteiger partial charge on any atom is -0.508 e. The second-order valence-corrected chi connectivity index (χ2v) is 9.98. The number of aromatic hydroxyl groups is 1. The van der Waals surface area contributed by atoms with Crippen LogP contribution >= 0.6 is 23.9 Å². The van der Waals surface area contributed by atoms with Gasteiger partial charge in [0.25, 0.3) is 0 Å². The maximum Gasteiger partial charge on any atom is 0.337 e. The molecule has 0 aliphatic heterocycles. The van der Waals surface area contributed by atoms with Crippen molar-refractivity contribution in [3.63, 3.8) is 0 Å². The lowest BCUT2D eigenvalue weighted by Gasteiger charge is -2.10. The van der Waals surface area contributed by atoms with Crippen molar-refractivity contribution in [2.45, 2.75) is 5.33 Å². The average molecular weight is 508 g/mol. The highest BCUT2D eigenvalue weighted by Crippen LogP contribution is 2.32. The third-order valence-electron chi connectivity index (χ3n) is 4.83. The highest BCUT2D eigenvalue weighted by atomic mass is 79.9. The predicted molar refractivity (Wildman–Crippen MR) is 139 cm³/mol. The van der Waals surface area contributed by atoms with Crippen molar-refractivity contribution in [1.29, 1.82) is 0 Å². The summed E-state index contributed by atoms with van der Waals surface area (Å²) in [5.74, 6) is -0.230. The first-order valence-corrected chi connectivity index (χ1v) is 12.8. The molecule has 0 aliphatic rings. The summed E-state index contributed by atoms with van der Waals surface area (Å²) in [6.45, 7) is 0. The number of esters is 1. The molecule has 3 nitrogen and oxygen atoms in total. The largest absolute Gasteiger partial charge is 0.508 e. The lowest BCUT2D eigenvalue weighted by molar-refractivity contribution is 0.0600. The summed E-state index contributed by atoms with van der Waals surface area (Å²) in [5.41, 5.74) is 1.11. The van der Waals surface area contributed by atoms with Crippen LogP contribution in [0.4, 0.5) is 0 Å². The molecular weight excluding hydrogens is 483 g/mol. The normalized spacial score (nSPS) is 10.2. The second kappa shape index (κ2) is 12.2. The van der Waals surface area contributed by atoms with Gasteiger partial charge in [-0.2, -0.15) is 0 Å². The van der Waals surface area contributed by atoms with Crippen LogP contribution in [-0.2, 0) is 10.1 Å². The first-order valence-electron chi connectivity index (χ1n) is 10.1. The van der Waals surface area contributed by atoms with Crippen molar-refractivity contribution in [1.82, 2.24) is 0 Å². The van der Waals surface area contributed by atoms with E-state index in [1.54, 1.807) is 6.07 Å². The fourth-order valence-corrected chi connectivity index (χ4v) is 6.28. The Hall–Kier alpha value is -2.94. The van der Waals surface area contributed by atoms with Crippen molar-refractivity contribution in [3.8, 4) is 5.75 Å². The van der Waals surface area contributed by atoms with E-state index in [2.05, 4.69) is 112 Å². The number of carbonyl (C=O) groups is 1. The van der Waals surface area contributed by atoms with Crippen LogP contribution in [-0.4, -0.2) is 18.2 Å². The topological polar surface area (TPSA) is 46.5 Å². The minimum absolute atomic E-state index is 0.171. The minimum atomic E-state index is -0.877. The van der Waals surface area contributed by atoms with Gasteiger partial charge in [-0.25, -0.2) is 4.79 Å². The fourth-order valence-electron chi connectivity index (χ4n) is 3.25. The van der Waals surface area contributed by atoms with E-state index in [0.29, 0.717) is 16.5 Å². The number of alkyl halides is 1. The summed E-state index contributed by atoms with van der Waals surface area (Å²) < 4.78 is 4.54. The van der Waals surface area contributed by atoms with Crippen LogP contribution in [0.5, 0.6) is 5.75 Å². The van der Waals surface area contributed by atoms with E-state index in [-0.39, 0.29) is 5.75 Å². The van der Waals surface area contributed by atoms with Crippen molar-refractivity contribution >= 4 is 45.7 Å².